The van der Waals surface area contributed by atoms with Gasteiger partial charge in [-0.15, -0.1) is 0 Å². The molecule has 0 aromatic carbocycles. The monoisotopic (exact) mass is 492 g/mol. The summed E-state index contributed by atoms with van der Waals surface area (Å²) in [7, 11) is 1.40. The number of carbonyl (C=O) groups excluding carboxylic acids is 1. The number of ether oxygens (including phenoxy) is 1. The van der Waals surface area contributed by atoms with Crippen LogP contribution in [0.5, 0.6) is 0 Å². The van der Waals surface area contributed by atoms with Gasteiger partial charge in [0, 0.05) is 45.5 Å². The molecule has 1 fully saturated rings. The highest BCUT2D eigenvalue weighted by molar-refractivity contribution is 5.68. The zero-order valence-corrected chi connectivity index (χ0v) is 19.0. The van der Waals surface area contributed by atoms with Crippen molar-refractivity contribution < 1.29 is 22.7 Å². The lowest BCUT2D eigenvalue weighted by Crippen LogP contribution is -2.49. The molecule has 3 heterocycles. The van der Waals surface area contributed by atoms with E-state index in [0.29, 0.717) is 32.1 Å². The van der Waals surface area contributed by atoms with Crippen LogP contribution >= 0.6 is 0 Å². The first-order chi connectivity index (χ1) is 16.6. The molecule has 3 rings (SSSR count). The number of nitrogens with one attached hydrogen (secondary N) is 1. The third-order valence-electron chi connectivity index (χ3n) is 5.41. The van der Waals surface area contributed by atoms with Crippen molar-refractivity contribution in [2.75, 3.05) is 49.6 Å². The molecular formula is C21H23F3N8O3. The fourth-order valence-corrected chi connectivity index (χ4v) is 3.39. The molecule has 0 saturated carbocycles. The minimum absolute atomic E-state index is 0.0791. The molecule has 0 radical (unpaired) electrons. The molecule has 186 valence electrons. The van der Waals surface area contributed by atoms with E-state index in [4.69, 9.17) is 10.00 Å². The topological polar surface area (TPSA) is 131 Å². The van der Waals surface area contributed by atoms with E-state index in [1.165, 1.54) is 35.2 Å². The summed E-state index contributed by atoms with van der Waals surface area (Å²) >= 11 is 0. The van der Waals surface area contributed by atoms with E-state index in [0.717, 1.165) is 6.20 Å². The molecule has 1 N–H and O–H groups in total. The number of aromatic nitrogens is 4. The van der Waals surface area contributed by atoms with Crippen LogP contribution in [0, 0.1) is 11.3 Å². The summed E-state index contributed by atoms with van der Waals surface area (Å²) in [6.45, 7) is 3.22. The van der Waals surface area contributed by atoms with Gasteiger partial charge in [0.15, 0.2) is 0 Å². The van der Waals surface area contributed by atoms with Crippen molar-refractivity contribution in [2.24, 2.45) is 0 Å². The molecule has 0 bridgehead atoms. The van der Waals surface area contributed by atoms with Crippen LogP contribution < -0.4 is 15.4 Å². The maximum absolute atomic E-state index is 13.3. The van der Waals surface area contributed by atoms with Gasteiger partial charge in [0.25, 0.3) is 5.56 Å². The van der Waals surface area contributed by atoms with Crippen LogP contribution in [0.1, 0.15) is 18.2 Å². The Bertz CT molecular complexity index is 1170. The van der Waals surface area contributed by atoms with Gasteiger partial charge in [0.1, 0.15) is 23.9 Å². The molecule has 1 amide bonds. The maximum atomic E-state index is 13.3. The highest BCUT2D eigenvalue weighted by Crippen LogP contribution is 2.33. The number of hydrogen-bond acceptors (Lipinski definition) is 9. The van der Waals surface area contributed by atoms with Gasteiger partial charge in [0.2, 0.25) is 5.95 Å². The number of amides is 1. The Morgan fingerprint density at radius 2 is 2.09 bits per heavy atom. The Hall–Kier alpha value is -4.15. The number of carbonyl (C=O) groups is 1. The molecule has 1 aliphatic rings. The zero-order chi connectivity index (χ0) is 25.6. The van der Waals surface area contributed by atoms with E-state index in [9.17, 15) is 22.8 Å². The fraction of sp³-hybridized carbons (Fsp3) is 0.429. The first-order valence-corrected chi connectivity index (χ1v) is 10.6. The van der Waals surface area contributed by atoms with Crippen molar-refractivity contribution >= 4 is 17.7 Å². The lowest BCUT2D eigenvalue weighted by atomic mass is 10.2. The number of halogens is 3. The van der Waals surface area contributed by atoms with Gasteiger partial charge in [-0.05, 0) is 19.1 Å². The van der Waals surface area contributed by atoms with E-state index in [1.807, 2.05) is 11.0 Å². The number of rotatable bonds is 6. The van der Waals surface area contributed by atoms with Crippen molar-refractivity contribution in [1.82, 2.24) is 25.1 Å². The van der Waals surface area contributed by atoms with Gasteiger partial charge in [-0.3, -0.25) is 4.79 Å². The van der Waals surface area contributed by atoms with Crippen LogP contribution in [0.2, 0.25) is 0 Å². The Balaban J connectivity index is 1.50. The van der Waals surface area contributed by atoms with Crippen LogP contribution in [0.4, 0.5) is 29.6 Å². The Morgan fingerprint density at radius 1 is 1.37 bits per heavy atom. The summed E-state index contributed by atoms with van der Waals surface area (Å²) in [5.41, 5.74) is -2.76. The molecule has 35 heavy (non-hydrogen) atoms. The number of H-pyrrole nitrogens is 1. The second-order valence-corrected chi connectivity index (χ2v) is 7.64. The van der Waals surface area contributed by atoms with Crippen molar-refractivity contribution in [3.05, 3.63) is 52.2 Å². The number of alkyl halides is 3. The molecule has 1 atom stereocenters. The van der Waals surface area contributed by atoms with Gasteiger partial charge in [-0.2, -0.15) is 23.5 Å². The Morgan fingerprint density at radius 3 is 2.74 bits per heavy atom. The minimum atomic E-state index is -4.84. The van der Waals surface area contributed by atoms with Crippen LogP contribution in [0.25, 0.3) is 0 Å². The first kappa shape index (κ1) is 25.5. The average molecular weight is 492 g/mol. The van der Waals surface area contributed by atoms with Crippen LogP contribution in [-0.2, 0) is 10.9 Å². The Labute approximate surface area is 198 Å². The van der Waals surface area contributed by atoms with Gasteiger partial charge < -0.3 is 19.4 Å². The lowest BCUT2D eigenvalue weighted by molar-refractivity contribution is -0.138. The maximum Gasteiger partial charge on any atom is 0.423 e. The average Bonchev–Trinajstić information content (AvgIpc) is 2.85. The van der Waals surface area contributed by atoms with Gasteiger partial charge in [-0.25, -0.2) is 19.9 Å². The van der Waals surface area contributed by atoms with Crippen LogP contribution in [-0.4, -0.2) is 77.0 Å². The summed E-state index contributed by atoms with van der Waals surface area (Å²) in [6, 6.07) is 2.92. The van der Waals surface area contributed by atoms with E-state index in [2.05, 4.69) is 15.1 Å². The van der Waals surface area contributed by atoms with E-state index in [1.54, 1.807) is 18.1 Å². The highest BCUT2D eigenvalue weighted by Gasteiger charge is 2.38. The minimum Gasteiger partial charge on any atom is -0.445 e. The first-order valence-electron chi connectivity index (χ1n) is 10.6. The highest BCUT2D eigenvalue weighted by atomic mass is 19.4. The van der Waals surface area contributed by atoms with Crippen molar-refractivity contribution in [1.29, 1.82) is 5.26 Å². The van der Waals surface area contributed by atoms with Crippen molar-refractivity contribution in [3.63, 3.8) is 0 Å². The molecule has 2 aromatic heterocycles. The molecular weight excluding hydrogens is 469 g/mol. The second kappa shape index (κ2) is 10.9. The quantitative estimate of drug-likeness (QED) is 0.600. The standard InChI is InChI=1S/C21H23F3N8O3/c1-14(30(2)16-13-27-29-18(33)17(16)21(22,23)24)4-3-11-35-20(34)32-9-7-31(8-10-32)19-26-6-5-15(12-25)28-19/h3-6,13-14H,7-11H2,1-2H3,(H,29,33)/b4-3+/t14-/m0/s1. The van der Waals surface area contributed by atoms with Gasteiger partial charge in [0.05, 0.1) is 11.9 Å². The summed E-state index contributed by atoms with van der Waals surface area (Å²) < 4.78 is 45.1. The lowest BCUT2D eigenvalue weighted by Gasteiger charge is -2.33. The van der Waals surface area contributed by atoms with E-state index >= 15 is 0 Å². The number of nitriles is 1. The summed E-state index contributed by atoms with van der Waals surface area (Å²) in [4.78, 5) is 36.9. The molecule has 11 nitrogen and oxygen atoms in total. The zero-order valence-electron chi connectivity index (χ0n) is 19.0. The molecule has 1 saturated heterocycles. The molecule has 0 unspecified atom stereocenters. The van der Waals surface area contributed by atoms with Crippen LogP contribution in [0.15, 0.2) is 35.4 Å². The molecule has 2 aromatic rings. The molecule has 1 aliphatic heterocycles. The van der Waals surface area contributed by atoms with Gasteiger partial charge >= 0.3 is 12.3 Å². The van der Waals surface area contributed by atoms with Crippen LogP contribution in [0.3, 0.4) is 0 Å². The number of likely N-dealkylation sites (N-methyl/N-ethyl adjacent to an activating group) is 1. The van der Waals surface area contributed by atoms with E-state index in [-0.39, 0.29) is 18.0 Å². The summed E-state index contributed by atoms with van der Waals surface area (Å²) in [5.74, 6) is 0.419. The van der Waals surface area contributed by atoms with Gasteiger partial charge in [-0.1, -0.05) is 6.08 Å². The Kier molecular flexibility index (Phi) is 7.90. The number of hydrogen-bond donors (Lipinski definition) is 1. The third kappa shape index (κ3) is 6.25. The second-order valence-electron chi connectivity index (χ2n) is 7.64. The summed E-state index contributed by atoms with van der Waals surface area (Å²) in [5, 5.41) is 14.2. The SMILES string of the molecule is C[C@@H](/C=C/COC(=O)N1CCN(c2nccc(C#N)n2)CC1)N(C)c1cn[nH]c(=O)c1C(F)(F)F. The number of nitrogens with zero attached hydrogens (tertiary/aromatic N) is 7. The van der Waals surface area contributed by atoms with Crippen molar-refractivity contribution in [3.8, 4) is 6.07 Å². The summed E-state index contributed by atoms with van der Waals surface area (Å²) in [6.07, 6.45) is 0.156. The molecule has 0 spiro atoms. The third-order valence-corrected chi connectivity index (χ3v) is 5.41. The molecule has 14 heteroatoms. The predicted molar refractivity (Wildman–Crippen MR) is 119 cm³/mol. The number of piperazine rings is 1. The largest absolute Gasteiger partial charge is 0.445 e. The van der Waals surface area contributed by atoms with Crippen molar-refractivity contribution in [2.45, 2.75) is 19.1 Å². The normalized spacial score (nSPS) is 15.1. The fourth-order valence-electron chi connectivity index (χ4n) is 3.39. The predicted octanol–water partition coefficient (Wildman–Crippen LogP) is 1.79. The number of aromatic amines is 1. The molecule has 0 aliphatic carbocycles. The smallest absolute Gasteiger partial charge is 0.423 e. The van der Waals surface area contributed by atoms with E-state index < -0.39 is 29.4 Å². The number of anilines is 2.